The van der Waals surface area contributed by atoms with Crippen LogP contribution in [0.2, 0.25) is 0 Å². The molecule has 3 N–H and O–H groups in total. The quantitative estimate of drug-likeness (QED) is 0.459. The van der Waals surface area contributed by atoms with Crippen molar-refractivity contribution in [2.75, 3.05) is 44.0 Å². The van der Waals surface area contributed by atoms with E-state index in [1.54, 1.807) is 13.2 Å². The van der Waals surface area contributed by atoms with Crippen LogP contribution in [0.5, 0.6) is 0 Å². The molecule has 1 saturated heterocycles. The molecule has 6 rings (SSSR count). The smallest absolute Gasteiger partial charge is 0.216 e. The molecular weight excluding hydrogens is 454 g/mol. The summed E-state index contributed by atoms with van der Waals surface area (Å²) in [4.78, 5) is 26.2. The van der Waals surface area contributed by atoms with Gasteiger partial charge in [-0.15, -0.1) is 0 Å². The van der Waals surface area contributed by atoms with E-state index in [2.05, 4.69) is 38.0 Å². The number of ether oxygens (including phenoxy) is 1. The van der Waals surface area contributed by atoms with Crippen LogP contribution in [-0.2, 0) is 22.4 Å². The van der Waals surface area contributed by atoms with Gasteiger partial charge in [0.25, 0.3) is 0 Å². The third-order valence-corrected chi connectivity index (χ3v) is 6.60. The van der Waals surface area contributed by atoms with Gasteiger partial charge in [0.15, 0.2) is 11.5 Å². The van der Waals surface area contributed by atoms with E-state index < -0.39 is 0 Å². The lowest BCUT2D eigenvalue weighted by molar-refractivity contribution is -0.118. The van der Waals surface area contributed by atoms with Crippen LogP contribution >= 0.6 is 0 Å². The molecular formula is C27H31N7O2. The largest absolute Gasteiger partial charge is 0.383 e. The molecule has 0 radical (unpaired) electrons. The lowest BCUT2D eigenvalue weighted by Crippen LogP contribution is -2.36. The number of nitrogens with one attached hydrogen (secondary N) is 1. The fraction of sp³-hybridized carbons (Fsp3) is 0.333. The van der Waals surface area contributed by atoms with Crippen molar-refractivity contribution < 1.29 is 9.53 Å². The lowest BCUT2D eigenvalue weighted by Gasteiger charge is -2.27. The molecule has 1 amide bonds. The van der Waals surface area contributed by atoms with Gasteiger partial charge in [-0.25, -0.2) is 15.0 Å². The highest BCUT2D eigenvalue weighted by atomic mass is 16.5. The van der Waals surface area contributed by atoms with E-state index in [1.807, 2.05) is 24.3 Å². The molecule has 3 aromatic heterocycles. The topological polar surface area (TPSA) is 111 Å². The number of carbonyl (C=O) groups is 1. The molecule has 2 aliphatic rings. The van der Waals surface area contributed by atoms with Crippen molar-refractivity contribution in [1.29, 1.82) is 0 Å². The summed E-state index contributed by atoms with van der Waals surface area (Å²) >= 11 is 0. The Bertz CT molecular complexity index is 1390. The van der Waals surface area contributed by atoms with Crippen LogP contribution in [0.25, 0.3) is 28.2 Å². The van der Waals surface area contributed by atoms with Gasteiger partial charge in [0.2, 0.25) is 5.91 Å². The molecule has 1 aromatic carbocycles. The maximum Gasteiger partial charge on any atom is 0.216 e. The van der Waals surface area contributed by atoms with Gasteiger partial charge in [-0.1, -0.05) is 6.07 Å². The Morgan fingerprint density at radius 1 is 1.06 bits per heavy atom. The zero-order chi connectivity index (χ0) is 25.1. The number of hydrogen-bond donors (Lipinski definition) is 2. The van der Waals surface area contributed by atoms with Crippen LogP contribution in [0.15, 0.2) is 48.7 Å². The summed E-state index contributed by atoms with van der Waals surface area (Å²) in [5.41, 5.74) is 12.7. The number of hydrogen-bond acceptors (Lipinski definition) is 7. The van der Waals surface area contributed by atoms with E-state index in [0.29, 0.717) is 5.82 Å². The zero-order valence-corrected chi connectivity index (χ0v) is 20.7. The maximum atomic E-state index is 9.70. The van der Waals surface area contributed by atoms with Crippen molar-refractivity contribution in [2.24, 2.45) is 0 Å². The number of pyridine rings is 2. The normalized spacial score (nSPS) is 14.8. The van der Waals surface area contributed by atoms with Gasteiger partial charge in [0.1, 0.15) is 17.2 Å². The van der Waals surface area contributed by atoms with Crippen molar-refractivity contribution in [2.45, 2.75) is 26.2 Å². The van der Waals surface area contributed by atoms with Crippen LogP contribution in [-0.4, -0.2) is 58.8 Å². The first-order valence-corrected chi connectivity index (χ1v) is 12.3. The average Bonchev–Trinajstić information content (AvgIpc) is 3.53. The van der Waals surface area contributed by atoms with E-state index in [4.69, 9.17) is 20.4 Å². The van der Waals surface area contributed by atoms with Crippen LogP contribution in [0.3, 0.4) is 0 Å². The van der Waals surface area contributed by atoms with E-state index in [9.17, 15) is 4.79 Å². The molecule has 1 fully saturated rings. The summed E-state index contributed by atoms with van der Waals surface area (Å²) in [5.74, 6) is 2.19. The number of aryl methyl sites for hydroxylation is 2. The Hall–Kier alpha value is -3.98. The molecule has 0 spiro atoms. The van der Waals surface area contributed by atoms with Gasteiger partial charge in [-0.2, -0.15) is 0 Å². The predicted octanol–water partition coefficient (Wildman–Crippen LogP) is 3.14. The average molecular weight is 486 g/mol. The highest BCUT2D eigenvalue weighted by Gasteiger charge is 2.21. The Morgan fingerprint density at radius 3 is 2.58 bits per heavy atom. The monoisotopic (exact) mass is 485 g/mol. The van der Waals surface area contributed by atoms with Crippen LogP contribution < -0.4 is 16.0 Å². The first kappa shape index (κ1) is 23.7. The van der Waals surface area contributed by atoms with Gasteiger partial charge >= 0.3 is 0 Å². The van der Waals surface area contributed by atoms with Gasteiger partial charge in [-0.3, -0.25) is 9.36 Å². The van der Waals surface area contributed by atoms with Gasteiger partial charge < -0.3 is 20.7 Å². The number of imidazole rings is 1. The number of nitrogens with zero attached hydrogens (tertiary/aromatic N) is 5. The molecule has 9 nitrogen and oxygen atoms in total. The van der Waals surface area contributed by atoms with Crippen LogP contribution in [0.1, 0.15) is 24.5 Å². The highest BCUT2D eigenvalue weighted by Crippen LogP contribution is 2.33. The van der Waals surface area contributed by atoms with Gasteiger partial charge in [-0.05, 0) is 66.8 Å². The number of fused-ring (bicyclic) bond motifs is 2. The minimum Gasteiger partial charge on any atom is -0.383 e. The Balaban J connectivity index is 0.000000489. The van der Waals surface area contributed by atoms with Crippen LogP contribution in [0, 0.1) is 0 Å². The number of nitrogen functional groups attached to an aromatic ring is 1. The second-order valence-corrected chi connectivity index (χ2v) is 8.93. The minimum absolute atomic E-state index is 0.00463. The summed E-state index contributed by atoms with van der Waals surface area (Å²) < 4.78 is 7.64. The number of aromatic nitrogens is 4. The molecule has 9 heteroatoms. The van der Waals surface area contributed by atoms with E-state index in [1.165, 1.54) is 24.5 Å². The molecule has 0 saturated carbocycles. The number of anilines is 2. The molecule has 186 valence electrons. The maximum absolute atomic E-state index is 9.70. The van der Waals surface area contributed by atoms with E-state index in [-0.39, 0.29) is 5.91 Å². The third-order valence-electron chi connectivity index (χ3n) is 6.60. The Kier molecular flexibility index (Phi) is 6.81. The molecule has 0 bridgehead atoms. The fourth-order valence-corrected chi connectivity index (χ4v) is 4.65. The van der Waals surface area contributed by atoms with Crippen LogP contribution in [0.4, 0.5) is 11.6 Å². The van der Waals surface area contributed by atoms with Crippen molar-refractivity contribution in [3.05, 3.63) is 59.8 Å². The Labute approximate surface area is 210 Å². The molecule has 36 heavy (non-hydrogen) atoms. The molecule has 1 aliphatic carbocycles. The van der Waals surface area contributed by atoms with Crippen molar-refractivity contribution in [1.82, 2.24) is 24.8 Å². The summed E-state index contributed by atoms with van der Waals surface area (Å²) in [6.07, 6.45) is 5.19. The highest BCUT2D eigenvalue weighted by molar-refractivity contribution is 5.84. The predicted molar refractivity (Wildman–Crippen MR) is 141 cm³/mol. The fourth-order valence-electron chi connectivity index (χ4n) is 4.65. The first-order chi connectivity index (χ1) is 17.5. The SMILES string of the molecule is CNC(C)=O.Nc1ncccc1-c1nc2ccc(N3CCOCC3)nc2n1-c1ccc2c(c1)CCC2. The van der Waals surface area contributed by atoms with E-state index in [0.717, 1.165) is 73.2 Å². The second-order valence-electron chi connectivity index (χ2n) is 8.93. The number of rotatable bonds is 3. The third kappa shape index (κ3) is 4.74. The molecule has 4 heterocycles. The molecule has 0 atom stereocenters. The van der Waals surface area contributed by atoms with Crippen molar-refractivity contribution in [3.8, 4) is 17.1 Å². The van der Waals surface area contributed by atoms with E-state index >= 15 is 0 Å². The number of morpholine rings is 1. The second kappa shape index (κ2) is 10.3. The van der Waals surface area contributed by atoms with Gasteiger partial charge in [0, 0.05) is 38.9 Å². The lowest BCUT2D eigenvalue weighted by atomic mass is 10.1. The van der Waals surface area contributed by atoms with Gasteiger partial charge in [0.05, 0.1) is 18.8 Å². The standard InChI is InChI=1S/C24H24N6O.C3H7NO/c25-22-19(5-2-10-26-22)23-27-20-8-9-21(29-11-13-31-14-12-29)28-24(20)30(23)18-7-6-16-3-1-4-17(16)15-18;1-3(5)4-2/h2,5-10,15H,1,3-4,11-14H2,(H2,25,26);1-2H3,(H,4,5). The number of nitrogens with two attached hydrogens (primary N) is 1. The Morgan fingerprint density at radius 2 is 1.83 bits per heavy atom. The number of carbonyl (C=O) groups excluding carboxylic acids is 1. The summed E-state index contributed by atoms with van der Waals surface area (Å²) in [7, 11) is 1.60. The molecule has 4 aromatic rings. The summed E-state index contributed by atoms with van der Waals surface area (Å²) in [5, 5.41) is 2.39. The van der Waals surface area contributed by atoms with Crippen molar-refractivity contribution in [3.63, 3.8) is 0 Å². The minimum atomic E-state index is 0.00463. The van der Waals surface area contributed by atoms with Crippen molar-refractivity contribution >= 4 is 28.7 Å². The number of benzene rings is 1. The first-order valence-electron chi connectivity index (χ1n) is 12.3. The zero-order valence-electron chi connectivity index (χ0n) is 20.7. The molecule has 1 aliphatic heterocycles. The summed E-state index contributed by atoms with van der Waals surface area (Å²) in [6, 6.07) is 14.6. The summed E-state index contributed by atoms with van der Waals surface area (Å²) in [6.45, 7) is 4.60. The molecule has 0 unspecified atom stereocenters. The number of amides is 1.